The number of anilines is 1. The number of para-hydroxylation sites is 1. The zero-order valence-electron chi connectivity index (χ0n) is 14.5. The predicted octanol–water partition coefficient (Wildman–Crippen LogP) is 3.38. The average Bonchev–Trinajstić information content (AvgIpc) is 2.48. The number of benzene rings is 2. The van der Waals surface area contributed by atoms with Crippen LogP contribution in [0.15, 0.2) is 53.4 Å². The lowest BCUT2D eigenvalue weighted by molar-refractivity contribution is -0.118. The molecule has 0 atom stereocenters. The van der Waals surface area contributed by atoms with Gasteiger partial charge < -0.3 is 4.90 Å². The van der Waals surface area contributed by atoms with Gasteiger partial charge in [0.2, 0.25) is 5.91 Å². The molecule has 0 unspecified atom stereocenters. The molecular formula is C19H23NO3S. The van der Waals surface area contributed by atoms with Gasteiger partial charge in [0.1, 0.15) is 0 Å². The first-order valence-corrected chi connectivity index (χ1v) is 9.76. The molecule has 0 heterocycles. The van der Waals surface area contributed by atoms with Gasteiger partial charge in [-0.15, -0.1) is 0 Å². The molecule has 0 fully saturated rings. The van der Waals surface area contributed by atoms with Crippen molar-refractivity contribution in [3.05, 3.63) is 59.7 Å². The average molecular weight is 345 g/mol. The van der Waals surface area contributed by atoms with Crippen molar-refractivity contribution in [1.82, 2.24) is 0 Å². The molecule has 0 N–H and O–H groups in total. The van der Waals surface area contributed by atoms with E-state index in [1.807, 2.05) is 45.0 Å². The third-order valence-electron chi connectivity index (χ3n) is 3.87. The number of nitrogens with zero attached hydrogens (tertiary/aromatic N) is 1. The van der Waals surface area contributed by atoms with Crippen LogP contribution in [0.2, 0.25) is 0 Å². The molecule has 1 amide bonds. The minimum absolute atomic E-state index is 0.0241. The van der Waals surface area contributed by atoms with E-state index >= 15 is 0 Å². The van der Waals surface area contributed by atoms with Gasteiger partial charge in [0.15, 0.2) is 9.84 Å². The molecule has 0 aliphatic heterocycles. The molecule has 0 spiro atoms. The van der Waals surface area contributed by atoms with Crippen LogP contribution in [-0.2, 0) is 21.1 Å². The minimum Gasteiger partial charge on any atom is -0.309 e. The van der Waals surface area contributed by atoms with Gasteiger partial charge in [-0.05, 0) is 44.0 Å². The highest BCUT2D eigenvalue weighted by Crippen LogP contribution is 2.24. The number of sulfone groups is 1. The van der Waals surface area contributed by atoms with Gasteiger partial charge in [0, 0.05) is 18.0 Å². The summed E-state index contributed by atoms with van der Waals surface area (Å²) < 4.78 is 23.9. The van der Waals surface area contributed by atoms with Crippen molar-refractivity contribution < 1.29 is 13.2 Å². The second kappa shape index (κ2) is 7.18. The Morgan fingerprint density at radius 2 is 1.62 bits per heavy atom. The largest absolute Gasteiger partial charge is 0.309 e. The Kier molecular flexibility index (Phi) is 5.44. The molecule has 0 radical (unpaired) electrons. The Morgan fingerprint density at radius 3 is 2.21 bits per heavy atom. The van der Waals surface area contributed by atoms with Gasteiger partial charge in [0.05, 0.1) is 11.3 Å². The van der Waals surface area contributed by atoms with Gasteiger partial charge in [0.25, 0.3) is 0 Å². The first-order valence-electron chi connectivity index (χ1n) is 7.87. The van der Waals surface area contributed by atoms with Gasteiger partial charge in [-0.2, -0.15) is 0 Å². The Hall–Kier alpha value is -2.14. The minimum atomic E-state index is -3.37. The fourth-order valence-corrected chi connectivity index (χ4v) is 3.74. The molecule has 4 nitrogen and oxygen atoms in total. The summed E-state index contributed by atoms with van der Waals surface area (Å²) in [4.78, 5) is 14.9. The van der Waals surface area contributed by atoms with Crippen LogP contribution in [0.5, 0.6) is 0 Å². The van der Waals surface area contributed by atoms with E-state index in [-0.39, 0.29) is 23.3 Å². The van der Waals surface area contributed by atoms with Crippen LogP contribution in [0.4, 0.5) is 5.69 Å². The molecule has 0 aromatic heterocycles. The molecule has 24 heavy (non-hydrogen) atoms. The lowest BCUT2D eigenvalue weighted by Crippen LogP contribution is -2.38. The van der Waals surface area contributed by atoms with E-state index in [1.165, 1.54) is 0 Å². The maximum atomic E-state index is 12.9. The first kappa shape index (κ1) is 18.2. The lowest BCUT2D eigenvalue weighted by Gasteiger charge is -2.28. The topological polar surface area (TPSA) is 54.5 Å². The van der Waals surface area contributed by atoms with E-state index in [4.69, 9.17) is 0 Å². The molecule has 5 heteroatoms. The maximum absolute atomic E-state index is 12.9. The van der Waals surface area contributed by atoms with Crippen molar-refractivity contribution in [2.24, 2.45) is 0 Å². The molecule has 0 bridgehead atoms. The molecule has 128 valence electrons. The van der Waals surface area contributed by atoms with Crippen molar-refractivity contribution >= 4 is 21.4 Å². The SMILES string of the molecule is Cc1ccccc1N(C(=O)Cc1ccccc1S(C)(=O)=O)C(C)C. The summed E-state index contributed by atoms with van der Waals surface area (Å²) in [6, 6.07) is 14.4. The molecule has 0 saturated carbocycles. The number of hydrogen-bond donors (Lipinski definition) is 0. The van der Waals surface area contributed by atoms with Crippen LogP contribution in [-0.4, -0.2) is 26.6 Å². The molecule has 0 aliphatic carbocycles. The summed E-state index contributed by atoms with van der Waals surface area (Å²) in [7, 11) is -3.37. The zero-order chi connectivity index (χ0) is 17.9. The molecular weight excluding hydrogens is 322 g/mol. The highest BCUT2D eigenvalue weighted by Gasteiger charge is 2.23. The van der Waals surface area contributed by atoms with Crippen LogP contribution >= 0.6 is 0 Å². The van der Waals surface area contributed by atoms with Crippen LogP contribution in [0.25, 0.3) is 0 Å². The summed E-state index contributed by atoms with van der Waals surface area (Å²) in [5.74, 6) is -0.115. The van der Waals surface area contributed by atoms with E-state index in [2.05, 4.69) is 0 Å². The second-order valence-corrected chi connectivity index (χ2v) is 8.18. The second-order valence-electron chi connectivity index (χ2n) is 6.20. The van der Waals surface area contributed by atoms with E-state index in [0.717, 1.165) is 17.5 Å². The number of aryl methyl sites for hydroxylation is 1. The smallest absolute Gasteiger partial charge is 0.231 e. The lowest BCUT2D eigenvalue weighted by atomic mass is 10.1. The van der Waals surface area contributed by atoms with Gasteiger partial charge in [-0.1, -0.05) is 36.4 Å². The van der Waals surface area contributed by atoms with Crippen molar-refractivity contribution in [3.8, 4) is 0 Å². The van der Waals surface area contributed by atoms with Crippen LogP contribution in [0, 0.1) is 6.92 Å². The Labute approximate surface area is 144 Å². The van der Waals surface area contributed by atoms with Crippen molar-refractivity contribution in [2.45, 2.75) is 38.1 Å². The fraction of sp³-hybridized carbons (Fsp3) is 0.316. The number of amides is 1. The molecule has 2 aromatic rings. The Bertz CT molecular complexity index is 841. The number of carbonyl (C=O) groups is 1. The number of hydrogen-bond acceptors (Lipinski definition) is 3. The van der Waals surface area contributed by atoms with Crippen LogP contribution in [0.1, 0.15) is 25.0 Å². The third kappa shape index (κ3) is 4.03. The van der Waals surface area contributed by atoms with E-state index < -0.39 is 9.84 Å². The van der Waals surface area contributed by atoms with E-state index in [9.17, 15) is 13.2 Å². The normalized spacial score (nSPS) is 11.5. The van der Waals surface area contributed by atoms with Crippen molar-refractivity contribution in [3.63, 3.8) is 0 Å². The predicted molar refractivity (Wildman–Crippen MR) is 97.1 cm³/mol. The quantitative estimate of drug-likeness (QED) is 0.835. The summed E-state index contributed by atoms with van der Waals surface area (Å²) in [6.07, 6.45) is 1.22. The highest BCUT2D eigenvalue weighted by molar-refractivity contribution is 7.90. The van der Waals surface area contributed by atoms with Crippen molar-refractivity contribution in [2.75, 3.05) is 11.2 Å². The van der Waals surface area contributed by atoms with E-state index in [0.29, 0.717) is 5.56 Å². The molecule has 0 aliphatic rings. The number of rotatable bonds is 5. The summed E-state index contributed by atoms with van der Waals surface area (Å²) in [5.41, 5.74) is 2.40. The Balaban J connectivity index is 2.39. The monoisotopic (exact) mass is 345 g/mol. The summed E-state index contributed by atoms with van der Waals surface area (Å²) >= 11 is 0. The maximum Gasteiger partial charge on any atom is 0.231 e. The Morgan fingerprint density at radius 1 is 1.04 bits per heavy atom. The first-order chi connectivity index (χ1) is 11.2. The van der Waals surface area contributed by atoms with Gasteiger partial charge in [-0.3, -0.25) is 4.79 Å². The summed E-state index contributed by atoms with van der Waals surface area (Å²) in [6.45, 7) is 5.86. The van der Waals surface area contributed by atoms with Crippen molar-refractivity contribution in [1.29, 1.82) is 0 Å². The zero-order valence-corrected chi connectivity index (χ0v) is 15.3. The van der Waals surface area contributed by atoms with E-state index in [1.54, 1.807) is 29.2 Å². The molecule has 0 saturated heterocycles. The fourth-order valence-electron chi connectivity index (χ4n) is 2.79. The standard InChI is InChI=1S/C19H23NO3S/c1-14(2)20(17-11-7-5-9-15(17)3)19(21)13-16-10-6-8-12-18(16)24(4,22)23/h5-12,14H,13H2,1-4H3. The number of carbonyl (C=O) groups excluding carboxylic acids is 1. The summed E-state index contributed by atoms with van der Waals surface area (Å²) in [5, 5.41) is 0. The highest BCUT2D eigenvalue weighted by atomic mass is 32.2. The molecule has 2 aromatic carbocycles. The van der Waals surface area contributed by atoms with Gasteiger partial charge >= 0.3 is 0 Å². The van der Waals surface area contributed by atoms with Crippen LogP contribution < -0.4 is 4.90 Å². The third-order valence-corrected chi connectivity index (χ3v) is 5.07. The molecule has 2 rings (SSSR count). The van der Waals surface area contributed by atoms with Crippen LogP contribution in [0.3, 0.4) is 0 Å². The van der Waals surface area contributed by atoms with Gasteiger partial charge in [-0.25, -0.2) is 8.42 Å².